The van der Waals surface area contributed by atoms with Crippen molar-refractivity contribution in [2.45, 2.75) is 6.54 Å². The highest BCUT2D eigenvalue weighted by atomic mass is 35.5. The standard InChI is InChI=1S/C13H16ClNO2/c1-10(14)8-15(2)9-11-3-4-12-13(7-11)17-6-5-16-12/h3-4,7H,1,5-6,8-9H2,2H3. The summed E-state index contributed by atoms with van der Waals surface area (Å²) in [7, 11) is 2.00. The second-order valence-electron chi connectivity index (χ2n) is 4.17. The smallest absolute Gasteiger partial charge is 0.161 e. The highest BCUT2D eigenvalue weighted by molar-refractivity contribution is 6.29. The van der Waals surface area contributed by atoms with Crippen molar-refractivity contribution in [3.63, 3.8) is 0 Å². The summed E-state index contributed by atoms with van der Waals surface area (Å²) < 4.78 is 11.0. The molecule has 0 aliphatic carbocycles. The molecule has 2 rings (SSSR count). The van der Waals surface area contributed by atoms with Crippen LogP contribution in [-0.2, 0) is 6.54 Å². The van der Waals surface area contributed by atoms with Crippen LogP contribution < -0.4 is 9.47 Å². The molecule has 1 aromatic carbocycles. The lowest BCUT2D eigenvalue weighted by molar-refractivity contribution is 0.171. The number of likely N-dealkylation sites (N-methyl/N-ethyl adjacent to an activating group) is 1. The molecule has 0 spiro atoms. The van der Waals surface area contributed by atoms with Crippen LogP contribution in [-0.4, -0.2) is 31.7 Å². The van der Waals surface area contributed by atoms with Crippen LogP contribution in [0.5, 0.6) is 11.5 Å². The SMILES string of the molecule is C=C(Cl)CN(C)Cc1ccc2c(c1)OCCO2. The van der Waals surface area contributed by atoms with E-state index in [1.165, 1.54) is 5.56 Å². The van der Waals surface area contributed by atoms with E-state index in [-0.39, 0.29) is 0 Å². The van der Waals surface area contributed by atoms with E-state index in [1.54, 1.807) is 0 Å². The average Bonchev–Trinajstić information content (AvgIpc) is 2.27. The van der Waals surface area contributed by atoms with Gasteiger partial charge in [-0.2, -0.15) is 0 Å². The Morgan fingerprint density at radius 3 is 2.76 bits per heavy atom. The van der Waals surface area contributed by atoms with E-state index in [1.807, 2.05) is 25.2 Å². The van der Waals surface area contributed by atoms with Crippen molar-refractivity contribution in [2.75, 3.05) is 26.8 Å². The molecular formula is C13H16ClNO2. The third-order valence-electron chi connectivity index (χ3n) is 2.50. The summed E-state index contributed by atoms with van der Waals surface area (Å²) in [5.41, 5.74) is 1.18. The number of hydrogen-bond acceptors (Lipinski definition) is 3. The van der Waals surface area contributed by atoms with E-state index >= 15 is 0 Å². The first-order chi connectivity index (χ1) is 8.15. The van der Waals surface area contributed by atoms with Gasteiger partial charge in [0.05, 0.1) is 0 Å². The summed E-state index contributed by atoms with van der Waals surface area (Å²) in [5.74, 6) is 1.65. The minimum atomic E-state index is 0.616. The van der Waals surface area contributed by atoms with Gasteiger partial charge in [0.2, 0.25) is 0 Å². The quantitative estimate of drug-likeness (QED) is 0.824. The normalized spacial score (nSPS) is 13.8. The number of rotatable bonds is 4. The van der Waals surface area contributed by atoms with Gasteiger partial charge in [-0.25, -0.2) is 0 Å². The Labute approximate surface area is 107 Å². The molecule has 0 aromatic heterocycles. The molecule has 3 nitrogen and oxygen atoms in total. The fourth-order valence-electron chi connectivity index (χ4n) is 1.85. The summed E-state index contributed by atoms with van der Waals surface area (Å²) in [4.78, 5) is 2.10. The molecule has 4 heteroatoms. The third-order valence-corrected chi connectivity index (χ3v) is 2.62. The van der Waals surface area contributed by atoms with Crippen molar-refractivity contribution in [1.82, 2.24) is 4.90 Å². The summed E-state index contributed by atoms with van der Waals surface area (Å²) in [6.45, 7) is 6.41. The van der Waals surface area contributed by atoms with Gasteiger partial charge in [-0.15, -0.1) is 0 Å². The molecule has 1 aromatic rings. The molecule has 0 unspecified atom stereocenters. The zero-order valence-electron chi connectivity index (χ0n) is 9.91. The Morgan fingerprint density at radius 1 is 1.35 bits per heavy atom. The molecule has 1 heterocycles. The Balaban J connectivity index is 2.04. The summed E-state index contributed by atoms with van der Waals surface area (Å²) in [5, 5.41) is 0.644. The summed E-state index contributed by atoms with van der Waals surface area (Å²) in [6, 6.07) is 6.01. The number of halogens is 1. The zero-order valence-corrected chi connectivity index (χ0v) is 10.7. The lowest BCUT2D eigenvalue weighted by Crippen LogP contribution is -2.20. The molecule has 0 fully saturated rings. The van der Waals surface area contributed by atoms with Crippen molar-refractivity contribution in [3.8, 4) is 11.5 Å². The minimum Gasteiger partial charge on any atom is -0.486 e. The molecule has 0 N–H and O–H groups in total. The number of benzene rings is 1. The van der Waals surface area contributed by atoms with E-state index in [0.29, 0.717) is 24.8 Å². The number of hydrogen-bond donors (Lipinski definition) is 0. The van der Waals surface area contributed by atoms with Gasteiger partial charge in [-0.05, 0) is 24.7 Å². The first-order valence-corrected chi connectivity index (χ1v) is 5.93. The van der Waals surface area contributed by atoms with Gasteiger partial charge in [0.15, 0.2) is 11.5 Å². The van der Waals surface area contributed by atoms with Crippen molar-refractivity contribution in [2.24, 2.45) is 0 Å². The fraction of sp³-hybridized carbons (Fsp3) is 0.385. The molecular weight excluding hydrogens is 238 g/mol. The van der Waals surface area contributed by atoms with Crippen LogP contribution in [0, 0.1) is 0 Å². The van der Waals surface area contributed by atoms with Gasteiger partial charge >= 0.3 is 0 Å². The largest absolute Gasteiger partial charge is 0.486 e. The van der Waals surface area contributed by atoms with E-state index in [0.717, 1.165) is 18.0 Å². The Hall–Kier alpha value is -1.19. The minimum absolute atomic E-state index is 0.616. The van der Waals surface area contributed by atoms with Gasteiger partial charge in [0.1, 0.15) is 13.2 Å². The second kappa shape index (κ2) is 5.43. The van der Waals surface area contributed by atoms with Gasteiger partial charge in [-0.1, -0.05) is 24.2 Å². The van der Waals surface area contributed by atoms with Crippen LogP contribution in [0.1, 0.15) is 5.56 Å². The Bertz CT molecular complexity index is 420. The molecule has 17 heavy (non-hydrogen) atoms. The lowest BCUT2D eigenvalue weighted by Gasteiger charge is -2.20. The van der Waals surface area contributed by atoms with Gasteiger partial charge in [0, 0.05) is 18.1 Å². The van der Waals surface area contributed by atoms with E-state index in [9.17, 15) is 0 Å². The number of nitrogens with zero attached hydrogens (tertiary/aromatic N) is 1. The van der Waals surface area contributed by atoms with Crippen LogP contribution in [0.2, 0.25) is 0 Å². The van der Waals surface area contributed by atoms with Crippen LogP contribution in [0.25, 0.3) is 0 Å². The molecule has 1 aliphatic rings. The second-order valence-corrected chi connectivity index (χ2v) is 4.70. The van der Waals surface area contributed by atoms with Crippen molar-refractivity contribution >= 4 is 11.6 Å². The first kappa shape index (κ1) is 12.3. The molecule has 0 amide bonds. The lowest BCUT2D eigenvalue weighted by atomic mass is 10.2. The van der Waals surface area contributed by atoms with Crippen LogP contribution in [0.15, 0.2) is 29.8 Å². The predicted molar refractivity (Wildman–Crippen MR) is 68.8 cm³/mol. The van der Waals surface area contributed by atoms with E-state index < -0.39 is 0 Å². The van der Waals surface area contributed by atoms with E-state index in [2.05, 4.69) is 11.5 Å². The van der Waals surface area contributed by atoms with Gasteiger partial charge in [0.25, 0.3) is 0 Å². The first-order valence-electron chi connectivity index (χ1n) is 5.55. The molecule has 0 bridgehead atoms. The number of ether oxygens (including phenoxy) is 2. The van der Waals surface area contributed by atoms with Crippen molar-refractivity contribution in [3.05, 3.63) is 35.4 Å². The highest BCUT2D eigenvalue weighted by Crippen LogP contribution is 2.31. The van der Waals surface area contributed by atoms with Crippen molar-refractivity contribution < 1.29 is 9.47 Å². The van der Waals surface area contributed by atoms with Gasteiger partial charge in [-0.3, -0.25) is 4.90 Å². The third kappa shape index (κ3) is 3.38. The van der Waals surface area contributed by atoms with Crippen LogP contribution in [0.4, 0.5) is 0 Å². The van der Waals surface area contributed by atoms with Crippen LogP contribution >= 0.6 is 11.6 Å². The topological polar surface area (TPSA) is 21.7 Å². The molecule has 0 radical (unpaired) electrons. The molecule has 92 valence electrons. The molecule has 1 aliphatic heterocycles. The maximum absolute atomic E-state index is 5.77. The Morgan fingerprint density at radius 2 is 2.06 bits per heavy atom. The molecule has 0 saturated carbocycles. The fourth-order valence-corrected chi connectivity index (χ4v) is 2.05. The Kier molecular flexibility index (Phi) is 3.92. The van der Waals surface area contributed by atoms with Crippen LogP contribution in [0.3, 0.4) is 0 Å². The zero-order chi connectivity index (χ0) is 12.3. The van der Waals surface area contributed by atoms with Gasteiger partial charge < -0.3 is 9.47 Å². The summed E-state index contributed by atoms with van der Waals surface area (Å²) in [6.07, 6.45) is 0. The maximum Gasteiger partial charge on any atom is 0.161 e. The molecule has 0 saturated heterocycles. The maximum atomic E-state index is 5.77. The highest BCUT2D eigenvalue weighted by Gasteiger charge is 2.12. The summed E-state index contributed by atoms with van der Waals surface area (Å²) >= 11 is 5.77. The number of fused-ring (bicyclic) bond motifs is 1. The monoisotopic (exact) mass is 253 g/mol. The van der Waals surface area contributed by atoms with Crippen molar-refractivity contribution in [1.29, 1.82) is 0 Å². The molecule has 0 atom stereocenters. The van der Waals surface area contributed by atoms with E-state index in [4.69, 9.17) is 21.1 Å². The predicted octanol–water partition coefficient (Wildman–Crippen LogP) is 2.64. The average molecular weight is 254 g/mol.